The molecular formula is C19H22BrNO2. The zero-order valence-corrected chi connectivity index (χ0v) is 15.5. The quantitative estimate of drug-likeness (QED) is 0.736. The molecule has 122 valence electrons. The summed E-state index contributed by atoms with van der Waals surface area (Å²) in [6.07, 6.45) is 0.00526. The Hall–Kier alpha value is -1.81. The van der Waals surface area contributed by atoms with Crippen molar-refractivity contribution >= 4 is 27.5 Å². The van der Waals surface area contributed by atoms with Gasteiger partial charge in [-0.25, -0.2) is 0 Å². The van der Waals surface area contributed by atoms with E-state index in [2.05, 4.69) is 35.1 Å². The SMILES string of the molecule is CC(C)Oc1ccc(Br)cc1C(=O)Nc1ccccc1C(C)C. The maximum absolute atomic E-state index is 12.7. The fourth-order valence-corrected chi connectivity index (χ4v) is 2.70. The molecule has 3 nitrogen and oxygen atoms in total. The first kappa shape index (κ1) is 17.5. The predicted octanol–water partition coefficient (Wildman–Crippen LogP) is 5.61. The van der Waals surface area contributed by atoms with Gasteiger partial charge in [0.25, 0.3) is 5.91 Å². The highest BCUT2D eigenvalue weighted by molar-refractivity contribution is 9.10. The van der Waals surface area contributed by atoms with E-state index in [0.717, 1.165) is 15.7 Å². The van der Waals surface area contributed by atoms with Crippen molar-refractivity contribution in [1.82, 2.24) is 0 Å². The summed E-state index contributed by atoms with van der Waals surface area (Å²) in [5, 5.41) is 3.01. The molecule has 0 aliphatic heterocycles. The molecule has 0 saturated heterocycles. The highest BCUT2D eigenvalue weighted by Gasteiger charge is 2.16. The van der Waals surface area contributed by atoms with Gasteiger partial charge >= 0.3 is 0 Å². The van der Waals surface area contributed by atoms with Crippen molar-refractivity contribution in [2.75, 3.05) is 5.32 Å². The minimum absolute atomic E-state index is 0.00526. The Labute approximate surface area is 146 Å². The summed E-state index contributed by atoms with van der Waals surface area (Å²) in [6, 6.07) is 13.3. The minimum Gasteiger partial charge on any atom is -0.490 e. The summed E-state index contributed by atoms with van der Waals surface area (Å²) in [4.78, 5) is 12.7. The number of para-hydroxylation sites is 1. The number of anilines is 1. The predicted molar refractivity (Wildman–Crippen MR) is 98.4 cm³/mol. The van der Waals surface area contributed by atoms with Crippen LogP contribution in [0, 0.1) is 0 Å². The molecule has 2 aromatic carbocycles. The van der Waals surface area contributed by atoms with E-state index in [1.807, 2.05) is 50.2 Å². The molecule has 23 heavy (non-hydrogen) atoms. The van der Waals surface area contributed by atoms with Crippen molar-refractivity contribution in [3.8, 4) is 5.75 Å². The Morgan fingerprint density at radius 2 is 1.78 bits per heavy atom. The first-order chi connectivity index (χ1) is 10.9. The van der Waals surface area contributed by atoms with Gasteiger partial charge in [-0.15, -0.1) is 0 Å². The lowest BCUT2D eigenvalue weighted by Gasteiger charge is -2.17. The second-order valence-electron chi connectivity index (χ2n) is 6.00. The topological polar surface area (TPSA) is 38.3 Å². The second-order valence-corrected chi connectivity index (χ2v) is 6.92. The van der Waals surface area contributed by atoms with Crippen LogP contribution in [0.15, 0.2) is 46.9 Å². The van der Waals surface area contributed by atoms with E-state index in [1.54, 1.807) is 6.07 Å². The lowest BCUT2D eigenvalue weighted by molar-refractivity contribution is 0.102. The number of nitrogens with one attached hydrogen (secondary N) is 1. The van der Waals surface area contributed by atoms with Crippen LogP contribution in [0.5, 0.6) is 5.75 Å². The number of amides is 1. The van der Waals surface area contributed by atoms with Crippen LogP contribution in [0.2, 0.25) is 0 Å². The van der Waals surface area contributed by atoms with E-state index in [-0.39, 0.29) is 12.0 Å². The molecule has 2 rings (SSSR count). The third-order valence-corrected chi connectivity index (χ3v) is 3.87. The fraction of sp³-hybridized carbons (Fsp3) is 0.316. The monoisotopic (exact) mass is 375 g/mol. The summed E-state index contributed by atoms with van der Waals surface area (Å²) in [6.45, 7) is 8.10. The van der Waals surface area contributed by atoms with Crippen LogP contribution in [-0.4, -0.2) is 12.0 Å². The van der Waals surface area contributed by atoms with Crippen molar-refractivity contribution in [3.05, 3.63) is 58.1 Å². The van der Waals surface area contributed by atoms with Crippen molar-refractivity contribution in [1.29, 1.82) is 0 Å². The van der Waals surface area contributed by atoms with Gasteiger partial charge in [0.05, 0.1) is 11.7 Å². The summed E-state index contributed by atoms with van der Waals surface area (Å²) in [7, 11) is 0. The van der Waals surface area contributed by atoms with Crippen LogP contribution < -0.4 is 10.1 Å². The maximum Gasteiger partial charge on any atom is 0.259 e. The fourth-order valence-electron chi connectivity index (χ4n) is 2.34. The average molecular weight is 376 g/mol. The summed E-state index contributed by atoms with van der Waals surface area (Å²) >= 11 is 3.42. The summed E-state index contributed by atoms with van der Waals surface area (Å²) < 4.78 is 6.60. The van der Waals surface area contributed by atoms with Gasteiger partial charge in [-0.3, -0.25) is 4.79 Å². The lowest BCUT2D eigenvalue weighted by atomic mass is 10.0. The number of carbonyl (C=O) groups excluding carboxylic acids is 1. The number of benzene rings is 2. The van der Waals surface area contributed by atoms with Gasteiger partial charge in [0.15, 0.2) is 0 Å². The molecule has 0 unspecified atom stereocenters. The summed E-state index contributed by atoms with van der Waals surface area (Å²) in [5.74, 6) is 0.748. The van der Waals surface area contributed by atoms with Gasteiger partial charge in [-0.2, -0.15) is 0 Å². The molecule has 0 heterocycles. The smallest absolute Gasteiger partial charge is 0.259 e. The highest BCUT2D eigenvalue weighted by Crippen LogP contribution is 2.28. The van der Waals surface area contributed by atoms with E-state index in [1.165, 1.54) is 0 Å². The van der Waals surface area contributed by atoms with Crippen molar-refractivity contribution < 1.29 is 9.53 Å². The van der Waals surface area contributed by atoms with Crippen molar-refractivity contribution in [2.24, 2.45) is 0 Å². The molecule has 0 saturated carbocycles. The van der Waals surface area contributed by atoms with Crippen LogP contribution in [0.1, 0.15) is 49.5 Å². The molecule has 0 fully saturated rings. The second kappa shape index (κ2) is 7.64. The zero-order valence-electron chi connectivity index (χ0n) is 13.9. The molecule has 0 radical (unpaired) electrons. The van der Waals surface area contributed by atoms with Gasteiger partial charge in [0.2, 0.25) is 0 Å². The number of ether oxygens (including phenoxy) is 1. The summed E-state index contributed by atoms with van der Waals surface area (Å²) in [5.41, 5.74) is 2.47. The molecule has 1 N–H and O–H groups in total. The molecule has 4 heteroatoms. The molecule has 2 aromatic rings. The third kappa shape index (κ3) is 4.58. The molecule has 0 aliphatic carbocycles. The Kier molecular flexibility index (Phi) is 5.83. The number of halogens is 1. The molecule has 1 amide bonds. The van der Waals surface area contributed by atoms with E-state index in [4.69, 9.17) is 4.74 Å². The van der Waals surface area contributed by atoms with E-state index in [9.17, 15) is 4.79 Å². The largest absolute Gasteiger partial charge is 0.490 e. The van der Waals surface area contributed by atoms with E-state index in [0.29, 0.717) is 17.2 Å². The van der Waals surface area contributed by atoms with Crippen LogP contribution in [0.4, 0.5) is 5.69 Å². The normalized spacial score (nSPS) is 10.9. The van der Waals surface area contributed by atoms with Crippen LogP contribution >= 0.6 is 15.9 Å². The van der Waals surface area contributed by atoms with Crippen molar-refractivity contribution in [2.45, 2.75) is 39.7 Å². The number of hydrogen-bond acceptors (Lipinski definition) is 2. The minimum atomic E-state index is -0.171. The van der Waals surface area contributed by atoms with E-state index < -0.39 is 0 Å². The van der Waals surface area contributed by atoms with Gasteiger partial charge in [0, 0.05) is 10.2 Å². The van der Waals surface area contributed by atoms with E-state index >= 15 is 0 Å². The third-order valence-electron chi connectivity index (χ3n) is 3.38. The lowest BCUT2D eigenvalue weighted by Crippen LogP contribution is -2.17. The number of rotatable bonds is 5. The Bertz CT molecular complexity index is 696. The molecule has 0 aliphatic rings. The Morgan fingerprint density at radius 1 is 1.09 bits per heavy atom. The molecule has 0 bridgehead atoms. The standard InChI is InChI=1S/C19H22BrNO2/c1-12(2)15-7-5-6-8-17(15)21-19(22)16-11-14(20)9-10-18(16)23-13(3)4/h5-13H,1-4H3,(H,21,22). The number of hydrogen-bond donors (Lipinski definition) is 1. The highest BCUT2D eigenvalue weighted by atomic mass is 79.9. The van der Waals surface area contributed by atoms with Gasteiger partial charge < -0.3 is 10.1 Å². The first-order valence-corrected chi connectivity index (χ1v) is 8.54. The number of carbonyl (C=O) groups is 1. The zero-order chi connectivity index (χ0) is 17.0. The molecule has 0 spiro atoms. The van der Waals surface area contributed by atoms with Crippen LogP contribution in [-0.2, 0) is 0 Å². The Morgan fingerprint density at radius 3 is 2.43 bits per heavy atom. The molecular weight excluding hydrogens is 354 g/mol. The maximum atomic E-state index is 12.7. The van der Waals surface area contributed by atoms with Gasteiger partial charge in [-0.05, 0) is 49.6 Å². The van der Waals surface area contributed by atoms with Gasteiger partial charge in [0.1, 0.15) is 5.75 Å². The first-order valence-electron chi connectivity index (χ1n) is 7.75. The Balaban J connectivity index is 2.33. The van der Waals surface area contributed by atoms with Crippen molar-refractivity contribution in [3.63, 3.8) is 0 Å². The average Bonchev–Trinajstić information content (AvgIpc) is 2.49. The molecule has 0 atom stereocenters. The molecule has 0 aromatic heterocycles. The van der Waals surface area contributed by atoms with Crippen LogP contribution in [0.25, 0.3) is 0 Å². The van der Waals surface area contributed by atoms with Gasteiger partial charge in [-0.1, -0.05) is 48.0 Å². The van der Waals surface area contributed by atoms with Crippen LogP contribution in [0.3, 0.4) is 0 Å².